The van der Waals surface area contributed by atoms with E-state index in [0.29, 0.717) is 18.7 Å². The van der Waals surface area contributed by atoms with Crippen molar-refractivity contribution in [3.05, 3.63) is 58.4 Å². The summed E-state index contributed by atoms with van der Waals surface area (Å²) in [6.07, 6.45) is 9.02. The zero-order valence-corrected chi connectivity index (χ0v) is 21.4. The van der Waals surface area contributed by atoms with Crippen molar-refractivity contribution in [1.82, 2.24) is 15.2 Å². The number of aromatic nitrogens is 1. The molecule has 0 unspecified atom stereocenters. The molecule has 2 amide bonds. The van der Waals surface area contributed by atoms with Crippen LogP contribution in [0.1, 0.15) is 71.3 Å². The van der Waals surface area contributed by atoms with Crippen LogP contribution in [0.5, 0.6) is 5.75 Å². The molecule has 4 aliphatic rings. The van der Waals surface area contributed by atoms with Crippen molar-refractivity contribution >= 4 is 11.8 Å². The number of pyridine rings is 1. The summed E-state index contributed by atoms with van der Waals surface area (Å²) in [5.41, 5.74) is 4.28. The van der Waals surface area contributed by atoms with E-state index in [1.807, 2.05) is 38.1 Å². The number of carbonyl (C=O) groups is 2. The molecule has 6 nitrogen and oxygen atoms in total. The summed E-state index contributed by atoms with van der Waals surface area (Å²) in [6.45, 7) is 4.85. The standard InChI is InChI=1S/C29H37N3O3/c1-18-15-30-25(19(2)26(18)35-4)17-32(3)27(33)24-7-5-20(6-8-24)16-31-28(34)29-12-21-9-22(13-29)11-23(10-21)14-29/h5-8,15,21-23H,9-14,16-17H2,1-4H3,(H,31,34). The summed E-state index contributed by atoms with van der Waals surface area (Å²) in [5, 5.41) is 3.23. The Bertz CT molecular complexity index is 1090. The lowest BCUT2D eigenvalue weighted by atomic mass is 9.49. The normalized spacial score (nSPS) is 26.5. The van der Waals surface area contributed by atoms with Gasteiger partial charge in [-0.25, -0.2) is 0 Å². The quantitative estimate of drug-likeness (QED) is 0.624. The molecule has 0 aliphatic heterocycles. The second-order valence-corrected chi connectivity index (χ2v) is 11.3. The van der Waals surface area contributed by atoms with Crippen LogP contribution in [-0.2, 0) is 17.9 Å². The van der Waals surface area contributed by atoms with Crippen LogP contribution >= 0.6 is 0 Å². The Balaban J connectivity index is 1.18. The van der Waals surface area contributed by atoms with Gasteiger partial charge in [-0.1, -0.05) is 12.1 Å². The number of rotatable bonds is 7. The molecule has 4 bridgehead atoms. The zero-order valence-electron chi connectivity index (χ0n) is 21.4. The number of hydrogen-bond donors (Lipinski definition) is 1. The molecule has 0 saturated heterocycles. The summed E-state index contributed by atoms with van der Waals surface area (Å²) >= 11 is 0. The van der Waals surface area contributed by atoms with Crippen LogP contribution in [0.25, 0.3) is 0 Å². The number of methoxy groups -OCH3 is 1. The molecule has 0 radical (unpaired) electrons. The van der Waals surface area contributed by atoms with Crippen LogP contribution in [0.3, 0.4) is 0 Å². The highest BCUT2D eigenvalue weighted by molar-refractivity contribution is 5.94. The van der Waals surface area contributed by atoms with E-state index < -0.39 is 0 Å². The first kappa shape index (κ1) is 23.8. The van der Waals surface area contributed by atoms with Gasteiger partial charge in [0.15, 0.2) is 0 Å². The van der Waals surface area contributed by atoms with E-state index in [-0.39, 0.29) is 17.2 Å². The van der Waals surface area contributed by atoms with E-state index in [1.165, 1.54) is 19.3 Å². The maximum Gasteiger partial charge on any atom is 0.253 e. The number of hydrogen-bond acceptors (Lipinski definition) is 4. The molecule has 0 spiro atoms. The Hall–Kier alpha value is -2.89. The van der Waals surface area contributed by atoms with Crippen molar-refractivity contribution in [2.75, 3.05) is 14.2 Å². The second-order valence-electron chi connectivity index (χ2n) is 11.3. The van der Waals surface area contributed by atoms with Crippen LogP contribution in [0.15, 0.2) is 30.5 Å². The maximum atomic E-state index is 13.2. The number of nitrogens with zero attached hydrogens (tertiary/aromatic N) is 2. The fourth-order valence-electron chi connectivity index (χ4n) is 7.27. The smallest absolute Gasteiger partial charge is 0.253 e. The predicted octanol–water partition coefficient (Wildman–Crippen LogP) is 4.81. The van der Waals surface area contributed by atoms with Crippen LogP contribution in [0.2, 0.25) is 0 Å². The molecule has 4 fully saturated rings. The van der Waals surface area contributed by atoms with E-state index in [1.54, 1.807) is 25.3 Å². The fourth-order valence-corrected chi connectivity index (χ4v) is 7.27. The van der Waals surface area contributed by atoms with Crippen molar-refractivity contribution in [3.8, 4) is 5.75 Å². The Labute approximate surface area is 208 Å². The Morgan fingerprint density at radius 2 is 1.66 bits per heavy atom. The zero-order chi connectivity index (χ0) is 24.7. The minimum atomic E-state index is -0.127. The Morgan fingerprint density at radius 3 is 2.23 bits per heavy atom. The first-order valence-corrected chi connectivity index (χ1v) is 12.9. The third-order valence-electron chi connectivity index (χ3n) is 8.66. The highest BCUT2D eigenvalue weighted by atomic mass is 16.5. The van der Waals surface area contributed by atoms with Gasteiger partial charge in [0.05, 0.1) is 19.3 Å². The number of amides is 2. The largest absolute Gasteiger partial charge is 0.496 e. The lowest BCUT2D eigenvalue weighted by Gasteiger charge is -2.55. The van der Waals surface area contributed by atoms with Crippen LogP contribution in [0.4, 0.5) is 0 Å². The molecule has 4 saturated carbocycles. The molecule has 1 heterocycles. The van der Waals surface area contributed by atoms with E-state index in [4.69, 9.17) is 4.74 Å². The van der Waals surface area contributed by atoms with Crippen LogP contribution in [0, 0.1) is 37.0 Å². The summed E-state index contributed by atoms with van der Waals surface area (Å²) in [7, 11) is 3.44. The van der Waals surface area contributed by atoms with Crippen molar-refractivity contribution in [2.45, 2.75) is 65.5 Å². The van der Waals surface area contributed by atoms with Gasteiger partial charge in [-0.15, -0.1) is 0 Å². The molecule has 1 aromatic carbocycles. The minimum Gasteiger partial charge on any atom is -0.496 e. The van der Waals surface area contributed by atoms with Gasteiger partial charge in [-0.05, 0) is 87.8 Å². The Kier molecular flexibility index (Phi) is 6.32. The molecular weight excluding hydrogens is 438 g/mol. The van der Waals surface area contributed by atoms with Crippen molar-refractivity contribution in [2.24, 2.45) is 23.2 Å². The second kappa shape index (κ2) is 9.29. The molecule has 186 valence electrons. The monoisotopic (exact) mass is 475 g/mol. The summed E-state index contributed by atoms with van der Waals surface area (Å²) in [5.74, 6) is 3.27. The van der Waals surface area contributed by atoms with Crippen LogP contribution < -0.4 is 10.1 Å². The molecule has 0 atom stereocenters. The van der Waals surface area contributed by atoms with E-state index in [2.05, 4.69) is 10.3 Å². The molecule has 4 aliphatic carbocycles. The van der Waals surface area contributed by atoms with Gasteiger partial charge in [0.1, 0.15) is 5.75 Å². The minimum absolute atomic E-state index is 0.0603. The summed E-state index contributed by atoms with van der Waals surface area (Å²) < 4.78 is 5.49. The predicted molar refractivity (Wildman–Crippen MR) is 135 cm³/mol. The van der Waals surface area contributed by atoms with Gasteiger partial charge in [0, 0.05) is 41.9 Å². The lowest BCUT2D eigenvalue weighted by Crippen LogP contribution is -2.53. The number of carbonyl (C=O) groups excluding carboxylic acids is 2. The Morgan fingerprint density at radius 1 is 1.06 bits per heavy atom. The highest BCUT2D eigenvalue weighted by Gasteiger charge is 2.54. The topological polar surface area (TPSA) is 71.5 Å². The summed E-state index contributed by atoms with van der Waals surface area (Å²) in [6, 6.07) is 7.58. The molecule has 1 aromatic heterocycles. The fraction of sp³-hybridized carbons (Fsp3) is 0.552. The van der Waals surface area contributed by atoms with Crippen LogP contribution in [-0.4, -0.2) is 35.9 Å². The highest BCUT2D eigenvalue weighted by Crippen LogP contribution is 2.60. The lowest BCUT2D eigenvalue weighted by molar-refractivity contribution is -0.146. The third-order valence-corrected chi connectivity index (χ3v) is 8.66. The van der Waals surface area contributed by atoms with E-state index in [0.717, 1.165) is 65.1 Å². The first-order chi connectivity index (χ1) is 16.8. The van der Waals surface area contributed by atoms with Gasteiger partial charge in [0.2, 0.25) is 5.91 Å². The van der Waals surface area contributed by atoms with E-state index in [9.17, 15) is 9.59 Å². The van der Waals surface area contributed by atoms with Crippen molar-refractivity contribution < 1.29 is 14.3 Å². The summed E-state index contributed by atoms with van der Waals surface area (Å²) in [4.78, 5) is 32.4. The number of ether oxygens (including phenoxy) is 1. The van der Waals surface area contributed by atoms with Crippen molar-refractivity contribution in [3.63, 3.8) is 0 Å². The molecular formula is C29H37N3O3. The van der Waals surface area contributed by atoms with E-state index >= 15 is 0 Å². The maximum absolute atomic E-state index is 13.2. The van der Waals surface area contributed by atoms with Crippen molar-refractivity contribution in [1.29, 1.82) is 0 Å². The molecule has 35 heavy (non-hydrogen) atoms. The first-order valence-electron chi connectivity index (χ1n) is 12.9. The number of nitrogens with one attached hydrogen (secondary N) is 1. The molecule has 1 N–H and O–H groups in total. The average molecular weight is 476 g/mol. The molecule has 6 heteroatoms. The van der Waals surface area contributed by atoms with Gasteiger partial charge in [0.25, 0.3) is 5.91 Å². The molecule has 6 rings (SSSR count). The van der Waals surface area contributed by atoms with Gasteiger partial charge < -0.3 is 15.0 Å². The van der Waals surface area contributed by atoms with Gasteiger partial charge in [-0.3, -0.25) is 14.6 Å². The third kappa shape index (κ3) is 4.55. The SMILES string of the molecule is COc1c(C)cnc(CN(C)C(=O)c2ccc(CNC(=O)C34CC5CC(CC(C5)C3)C4)cc2)c1C. The number of aryl methyl sites for hydroxylation is 1. The van der Waals surface area contributed by atoms with Gasteiger partial charge in [-0.2, -0.15) is 0 Å². The molecule has 2 aromatic rings. The van der Waals surface area contributed by atoms with Gasteiger partial charge >= 0.3 is 0 Å². The number of benzene rings is 1. The average Bonchev–Trinajstić information content (AvgIpc) is 2.83.